The van der Waals surface area contributed by atoms with Gasteiger partial charge in [-0.05, 0) is 40.5 Å². The predicted molar refractivity (Wildman–Crippen MR) is 84.8 cm³/mol. The van der Waals surface area contributed by atoms with Crippen molar-refractivity contribution in [2.45, 2.75) is 76.7 Å². The van der Waals surface area contributed by atoms with Crippen molar-refractivity contribution < 1.29 is 14.6 Å². The molecule has 2 saturated heterocycles. The van der Waals surface area contributed by atoms with E-state index in [2.05, 4.69) is 9.97 Å². The van der Waals surface area contributed by atoms with Gasteiger partial charge in [0.1, 0.15) is 11.4 Å². The fourth-order valence-electron chi connectivity index (χ4n) is 3.71. The van der Waals surface area contributed by atoms with Gasteiger partial charge in [-0.15, -0.1) is 0 Å². The van der Waals surface area contributed by atoms with Crippen molar-refractivity contribution in [2.75, 3.05) is 0 Å². The van der Waals surface area contributed by atoms with Crippen molar-refractivity contribution in [3.05, 3.63) is 23.8 Å². The van der Waals surface area contributed by atoms with E-state index >= 15 is 0 Å². The third-order valence-electron chi connectivity index (χ3n) is 4.69. The van der Waals surface area contributed by atoms with Gasteiger partial charge in [0.05, 0.1) is 5.60 Å². The Hall–Kier alpha value is -1.69. The van der Waals surface area contributed by atoms with Crippen LogP contribution < -0.4 is 0 Å². The van der Waals surface area contributed by atoms with Crippen molar-refractivity contribution in [3.63, 3.8) is 0 Å². The molecule has 3 heterocycles. The number of aliphatic hydroxyl groups is 1. The maximum Gasteiger partial charge on any atom is 0.410 e. The summed E-state index contributed by atoms with van der Waals surface area (Å²) in [6, 6.07) is 0.0183. The third-order valence-corrected chi connectivity index (χ3v) is 4.69. The number of carbonyl (C=O) groups excluding carboxylic acids is 1. The lowest BCUT2D eigenvalue weighted by atomic mass is 9.82. The van der Waals surface area contributed by atoms with Gasteiger partial charge in [-0.3, -0.25) is 0 Å². The molecule has 0 spiro atoms. The number of carbonyl (C=O) groups is 1. The van der Waals surface area contributed by atoms with Crippen molar-refractivity contribution >= 4 is 6.09 Å². The summed E-state index contributed by atoms with van der Waals surface area (Å²) in [5.41, 5.74) is -0.725. The number of aryl methyl sites for hydroxylation is 1. The Bertz CT molecular complexity index is 580. The van der Waals surface area contributed by atoms with Crippen LogP contribution in [0.5, 0.6) is 0 Å². The Balaban J connectivity index is 1.79. The molecule has 0 radical (unpaired) electrons. The second-order valence-corrected chi connectivity index (χ2v) is 7.73. The van der Waals surface area contributed by atoms with Gasteiger partial charge in [0.15, 0.2) is 0 Å². The largest absolute Gasteiger partial charge is 0.444 e. The molecular formula is C17H25N3O3. The first kappa shape index (κ1) is 16.2. The highest BCUT2D eigenvalue weighted by Gasteiger charge is 2.51. The van der Waals surface area contributed by atoms with Gasteiger partial charge in [0.2, 0.25) is 0 Å². The van der Waals surface area contributed by atoms with Crippen LogP contribution in [0, 0.1) is 6.92 Å². The van der Waals surface area contributed by atoms with Gasteiger partial charge in [-0.2, -0.15) is 0 Å². The SMILES string of the molecule is Cc1ncc(C2(O)CC3CCC(C2)N3C(=O)OC(C)(C)C)cn1. The van der Waals surface area contributed by atoms with Crippen molar-refractivity contribution in [1.82, 2.24) is 14.9 Å². The van der Waals surface area contributed by atoms with E-state index in [9.17, 15) is 9.90 Å². The van der Waals surface area contributed by atoms with Crippen LogP contribution in [-0.2, 0) is 10.3 Å². The van der Waals surface area contributed by atoms with E-state index in [0.29, 0.717) is 18.7 Å². The Kier molecular flexibility index (Phi) is 3.83. The number of ether oxygens (including phenoxy) is 1. The Morgan fingerprint density at radius 2 is 1.78 bits per heavy atom. The quantitative estimate of drug-likeness (QED) is 0.861. The molecule has 126 valence electrons. The summed E-state index contributed by atoms with van der Waals surface area (Å²) < 4.78 is 5.53. The van der Waals surface area contributed by atoms with Crippen LogP contribution >= 0.6 is 0 Å². The number of piperidine rings is 1. The summed E-state index contributed by atoms with van der Waals surface area (Å²) >= 11 is 0. The molecule has 2 aliphatic rings. The van der Waals surface area contributed by atoms with Crippen LogP contribution in [0.3, 0.4) is 0 Å². The van der Waals surface area contributed by atoms with E-state index in [1.807, 2.05) is 32.6 Å². The molecule has 1 aromatic rings. The van der Waals surface area contributed by atoms with E-state index in [1.54, 1.807) is 12.4 Å². The second-order valence-electron chi connectivity index (χ2n) is 7.73. The van der Waals surface area contributed by atoms with E-state index in [-0.39, 0.29) is 18.2 Å². The molecule has 6 heteroatoms. The number of aromatic nitrogens is 2. The highest BCUT2D eigenvalue weighted by molar-refractivity contribution is 5.69. The van der Waals surface area contributed by atoms with Crippen molar-refractivity contribution in [2.24, 2.45) is 0 Å². The summed E-state index contributed by atoms with van der Waals surface area (Å²) in [4.78, 5) is 22.7. The summed E-state index contributed by atoms with van der Waals surface area (Å²) in [5.74, 6) is 0.687. The minimum atomic E-state index is -0.960. The van der Waals surface area contributed by atoms with Crippen LogP contribution in [0.2, 0.25) is 0 Å². The molecule has 1 aromatic heterocycles. The summed E-state index contributed by atoms with van der Waals surface area (Å²) in [6.07, 6.45) is 5.95. The average Bonchev–Trinajstić information content (AvgIpc) is 2.71. The van der Waals surface area contributed by atoms with Crippen LogP contribution in [0.15, 0.2) is 12.4 Å². The monoisotopic (exact) mass is 319 g/mol. The summed E-state index contributed by atoms with van der Waals surface area (Å²) in [5, 5.41) is 11.1. The molecule has 0 saturated carbocycles. The van der Waals surface area contributed by atoms with Gasteiger partial charge in [0, 0.05) is 42.9 Å². The van der Waals surface area contributed by atoms with E-state index in [1.165, 1.54) is 0 Å². The van der Waals surface area contributed by atoms with E-state index in [4.69, 9.17) is 4.74 Å². The van der Waals surface area contributed by atoms with Crippen LogP contribution in [0.4, 0.5) is 4.79 Å². The number of amides is 1. The highest BCUT2D eigenvalue weighted by Crippen LogP contribution is 2.45. The Morgan fingerprint density at radius 1 is 1.26 bits per heavy atom. The topological polar surface area (TPSA) is 75.6 Å². The molecule has 1 N–H and O–H groups in total. The maximum atomic E-state index is 12.5. The molecular weight excluding hydrogens is 294 g/mol. The second kappa shape index (κ2) is 5.44. The van der Waals surface area contributed by atoms with E-state index < -0.39 is 11.2 Å². The molecule has 2 fully saturated rings. The van der Waals surface area contributed by atoms with Gasteiger partial charge in [0.25, 0.3) is 0 Å². The third kappa shape index (κ3) is 3.17. The fraction of sp³-hybridized carbons (Fsp3) is 0.706. The highest BCUT2D eigenvalue weighted by atomic mass is 16.6. The molecule has 1 amide bonds. The Morgan fingerprint density at radius 3 is 2.26 bits per heavy atom. The van der Waals surface area contributed by atoms with Crippen molar-refractivity contribution in [1.29, 1.82) is 0 Å². The smallest absolute Gasteiger partial charge is 0.410 e. The lowest BCUT2D eigenvalue weighted by Gasteiger charge is -2.43. The van der Waals surface area contributed by atoms with Gasteiger partial charge in [-0.25, -0.2) is 14.8 Å². The number of hydrogen-bond acceptors (Lipinski definition) is 5. The molecule has 2 unspecified atom stereocenters. The zero-order valence-corrected chi connectivity index (χ0v) is 14.2. The molecule has 2 aliphatic heterocycles. The van der Waals surface area contributed by atoms with Gasteiger partial charge >= 0.3 is 6.09 Å². The normalized spacial score (nSPS) is 30.4. The number of hydrogen-bond donors (Lipinski definition) is 1. The zero-order chi connectivity index (χ0) is 16.8. The molecule has 3 rings (SSSR count). The lowest BCUT2D eigenvalue weighted by Crippen LogP contribution is -2.53. The zero-order valence-electron chi connectivity index (χ0n) is 14.2. The molecule has 2 bridgehead atoms. The molecule has 6 nitrogen and oxygen atoms in total. The lowest BCUT2D eigenvalue weighted by molar-refractivity contribution is -0.0627. The first-order chi connectivity index (χ1) is 10.7. The fourth-order valence-corrected chi connectivity index (χ4v) is 3.71. The van der Waals surface area contributed by atoms with Crippen LogP contribution in [0.1, 0.15) is 57.8 Å². The minimum absolute atomic E-state index is 0.00917. The molecule has 0 aliphatic carbocycles. The van der Waals surface area contributed by atoms with Crippen LogP contribution in [-0.4, -0.2) is 43.8 Å². The maximum absolute atomic E-state index is 12.5. The first-order valence-electron chi connectivity index (χ1n) is 8.21. The van der Waals surface area contributed by atoms with E-state index in [0.717, 1.165) is 18.4 Å². The Labute approximate surface area is 136 Å². The standard InChI is InChI=1S/C17H25N3O3/c1-11-18-9-12(10-19-11)17(22)7-13-5-6-14(8-17)20(13)15(21)23-16(2,3)4/h9-10,13-14,22H,5-8H2,1-4H3. The van der Waals surface area contributed by atoms with Gasteiger partial charge in [-0.1, -0.05) is 0 Å². The molecule has 2 atom stereocenters. The first-order valence-corrected chi connectivity index (χ1v) is 8.21. The van der Waals surface area contributed by atoms with Crippen LogP contribution in [0.25, 0.3) is 0 Å². The van der Waals surface area contributed by atoms with Gasteiger partial charge < -0.3 is 14.7 Å². The summed E-state index contributed by atoms with van der Waals surface area (Å²) in [7, 11) is 0. The molecule has 0 aromatic carbocycles. The summed E-state index contributed by atoms with van der Waals surface area (Å²) in [6.45, 7) is 7.44. The molecule has 23 heavy (non-hydrogen) atoms. The number of fused-ring (bicyclic) bond motifs is 2. The number of rotatable bonds is 1. The van der Waals surface area contributed by atoms with Crippen molar-refractivity contribution in [3.8, 4) is 0 Å². The minimum Gasteiger partial charge on any atom is -0.444 e. The number of nitrogens with zero attached hydrogens (tertiary/aromatic N) is 3. The predicted octanol–water partition coefficient (Wildman–Crippen LogP) is 2.53. The average molecular weight is 319 g/mol.